The molecule has 0 radical (unpaired) electrons. The fraction of sp³-hybridized carbons (Fsp3) is 0.333. The van der Waals surface area contributed by atoms with Crippen LogP contribution >= 0.6 is 12.4 Å². The minimum Gasteiger partial charge on any atom is -0.489 e. The average molecular weight is 327 g/mol. The van der Waals surface area contributed by atoms with Crippen molar-refractivity contribution in [2.24, 2.45) is 5.73 Å². The molecular formula is C15H16ClFN2O3. The number of amides is 2. The van der Waals surface area contributed by atoms with E-state index >= 15 is 0 Å². The van der Waals surface area contributed by atoms with Crippen molar-refractivity contribution in [3.05, 3.63) is 41.2 Å². The monoisotopic (exact) mass is 326 g/mol. The van der Waals surface area contributed by atoms with E-state index in [2.05, 4.69) is 0 Å². The topological polar surface area (TPSA) is 72.6 Å². The molecule has 0 spiro atoms. The maximum absolute atomic E-state index is 12.4. The molecule has 1 aromatic carbocycles. The molecule has 1 saturated carbocycles. The number of ether oxygens (including phenoxy) is 1. The van der Waals surface area contributed by atoms with E-state index in [0.29, 0.717) is 28.8 Å². The highest BCUT2D eigenvalue weighted by molar-refractivity contribution is 6.21. The number of carbonyl (C=O) groups is 2. The molecular weight excluding hydrogens is 311 g/mol. The Balaban J connectivity index is 0.00000176. The maximum Gasteiger partial charge on any atom is 0.261 e. The molecule has 0 bridgehead atoms. The summed E-state index contributed by atoms with van der Waals surface area (Å²) in [4.78, 5) is 25.7. The molecule has 1 aliphatic heterocycles. The quantitative estimate of drug-likeness (QED) is 0.841. The van der Waals surface area contributed by atoms with Crippen molar-refractivity contribution < 1.29 is 18.7 Å². The van der Waals surface area contributed by atoms with Gasteiger partial charge in [0, 0.05) is 18.2 Å². The predicted molar refractivity (Wildman–Crippen MR) is 81.0 cm³/mol. The van der Waals surface area contributed by atoms with E-state index < -0.39 is 0 Å². The molecule has 5 nitrogen and oxygen atoms in total. The van der Waals surface area contributed by atoms with Gasteiger partial charge in [0.05, 0.1) is 17.5 Å². The van der Waals surface area contributed by atoms with Crippen molar-refractivity contribution in [2.45, 2.75) is 18.9 Å². The summed E-state index contributed by atoms with van der Waals surface area (Å²) in [7, 11) is 0. The minimum absolute atomic E-state index is 0. The van der Waals surface area contributed by atoms with Crippen LogP contribution in [0.15, 0.2) is 30.1 Å². The summed E-state index contributed by atoms with van der Waals surface area (Å²) in [6.45, 7) is 0.0780. The number of imide groups is 1. The summed E-state index contributed by atoms with van der Waals surface area (Å²) in [5, 5.41) is 0. The smallest absolute Gasteiger partial charge is 0.261 e. The third kappa shape index (κ3) is 2.84. The highest BCUT2D eigenvalue weighted by atomic mass is 35.5. The molecule has 1 aromatic rings. The van der Waals surface area contributed by atoms with Crippen molar-refractivity contribution in [2.75, 3.05) is 13.2 Å². The van der Waals surface area contributed by atoms with Gasteiger partial charge in [-0.25, -0.2) is 4.39 Å². The summed E-state index contributed by atoms with van der Waals surface area (Å²) in [6, 6.07) is 4.76. The van der Waals surface area contributed by atoms with Crippen LogP contribution in [-0.4, -0.2) is 35.9 Å². The van der Waals surface area contributed by atoms with Crippen LogP contribution in [0.5, 0.6) is 5.75 Å². The van der Waals surface area contributed by atoms with Crippen LogP contribution in [-0.2, 0) is 0 Å². The first-order chi connectivity index (χ1) is 10.2. The first-order valence-corrected chi connectivity index (χ1v) is 6.78. The first-order valence-electron chi connectivity index (χ1n) is 6.78. The largest absolute Gasteiger partial charge is 0.489 e. The summed E-state index contributed by atoms with van der Waals surface area (Å²) >= 11 is 0. The van der Waals surface area contributed by atoms with Crippen molar-refractivity contribution >= 4 is 24.2 Å². The molecule has 1 aliphatic carbocycles. The summed E-state index contributed by atoms with van der Waals surface area (Å²) in [5.41, 5.74) is 6.41. The van der Waals surface area contributed by atoms with E-state index in [9.17, 15) is 14.0 Å². The Morgan fingerprint density at radius 1 is 1.32 bits per heavy atom. The van der Waals surface area contributed by atoms with E-state index in [1.165, 1.54) is 11.0 Å². The first kappa shape index (κ1) is 16.5. The van der Waals surface area contributed by atoms with Gasteiger partial charge < -0.3 is 10.5 Å². The molecule has 0 unspecified atom stereocenters. The lowest BCUT2D eigenvalue weighted by Crippen LogP contribution is -2.31. The van der Waals surface area contributed by atoms with E-state index in [0.717, 1.165) is 12.8 Å². The molecule has 0 atom stereocenters. The van der Waals surface area contributed by atoms with Crippen LogP contribution in [0.4, 0.5) is 4.39 Å². The Bertz CT molecular complexity index is 644. The van der Waals surface area contributed by atoms with Gasteiger partial charge in [0.1, 0.15) is 12.4 Å². The lowest BCUT2D eigenvalue weighted by atomic mass is 10.1. The lowest BCUT2D eigenvalue weighted by molar-refractivity contribution is 0.0642. The second-order valence-electron chi connectivity index (χ2n) is 5.18. The number of hydrogen-bond donors (Lipinski definition) is 1. The highest BCUT2D eigenvalue weighted by Gasteiger charge is 2.44. The molecule has 0 saturated heterocycles. The second kappa shape index (κ2) is 6.46. The van der Waals surface area contributed by atoms with E-state index in [1.807, 2.05) is 0 Å². The summed E-state index contributed by atoms with van der Waals surface area (Å²) < 4.78 is 17.8. The molecule has 3 rings (SSSR count). The van der Waals surface area contributed by atoms with Crippen LogP contribution in [0.3, 0.4) is 0 Å². The van der Waals surface area contributed by atoms with Crippen molar-refractivity contribution in [1.82, 2.24) is 4.90 Å². The predicted octanol–water partition coefficient (Wildman–Crippen LogP) is 2.06. The van der Waals surface area contributed by atoms with Crippen LogP contribution in [0.2, 0.25) is 0 Å². The number of nitrogens with zero attached hydrogens (tertiary/aromatic N) is 1. The molecule has 2 amide bonds. The van der Waals surface area contributed by atoms with E-state index in [-0.39, 0.29) is 43.4 Å². The fourth-order valence-corrected chi connectivity index (χ4v) is 2.30. The fourth-order valence-electron chi connectivity index (χ4n) is 2.30. The Hall–Kier alpha value is -1.92. The summed E-state index contributed by atoms with van der Waals surface area (Å²) in [5.74, 6) is -0.0984. The number of hydrogen-bond acceptors (Lipinski definition) is 4. The van der Waals surface area contributed by atoms with E-state index in [1.54, 1.807) is 12.1 Å². The third-order valence-electron chi connectivity index (χ3n) is 3.64. The number of rotatable bonds is 5. The van der Waals surface area contributed by atoms with Gasteiger partial charge in [0.15, 0.2) is 0 Å². The number of halogens is 2. The zero-order valence-corrected chi connectivity index (χ0v) is 12.6. The maximum atomic E-state index is 12.4. The molecule has 7 heteroatoms. The molecule has 118 valence electrons. The standard InChI is InChI=1S/C15H15FN2O3.ClH/c16-6-9(7-17)8-21-11-3-4-12-13(5-11)15(20)18(14(12)19)10-1-2-10;/h3-6,10H,1-2,7-8,17H2;1H/b9-6-;. The zero-order chi connectivity index (χ0) is 15.0. The number of nitrogens with two attached hydrogens (primary N) is 1. The number of benzene rings is 1. The van der Waals surface area contributed by atoms with Gasteiger partial charge in [-0.3, -0.25) is 14.5 Å². The SMILES string of the molecule is Cl.NC/C(=C/F)COc1ccc2c(c1)C(=O)N(C1CC1)C2=O. The van der Waals surface area contributed by atoms with Crippen LogP contribution in [0, 0.1) is 0 Å². The second-order valence-corrected chi connectivity index (χ2v) is 5.18. The van der Waals surface area contributed by atoms with Crippen LogP contribution in [0.1, 0.15) is 33.6 Å². The van der Waals surface area contributed by atoms with Gasteiger partial charge in [-0.1, -0.05) is 0 Å². The van der Waals surface area contributed by atoms with Gasteiger partial charge in [0.2, 0.25) is 0 Å². The Labute approximate surface area is 133 Å². The van der Waals surface area contributed by atoms with Crippen LogP contribution < -0.4 is 10.5 Å². The Morgan fingerprint density at radius 2 is 2.00 bits per heavy atom. The molecule has 1 fully saturated rings. The zero-order valence-electron chi connectivity index (χ0n) is 11.8. The molecule has 2 N–H and O–H groups in total. The van der Waals surface area contributed by atoms with Gasteiger partial charge in [-0.2, -0.15) is 0 Å². The lowest BCUT2D eigenvalue weighted by Gasteiger charge is -2.11. The molecule has 1 heterocycles. The average Bonchev–Trinajstić information content (AvgIpc) is 3.29. The highest BCUT2D eigenvalue weighted by Crippen LogP contribution is 2.35. The summed E-state index contributed by atoms with van der Waals surface area (Å²) in [6.07, 6.45) is 2.16. The van der Waals surface area contributed by atoms with Gasteiger partial charge in [-0.05, 0) is 31.0 Å². The van der Waals surface area contributed by atoms with Crippen LogP contribution in [0.25, 0.3) is 0 Å². The van der Waals surface area contributed by atoms with Crippen molar-refractivity contribution in [3.63, 3.8) is 0 Å². The number of fused-ring (bicyclic) bond motifs is 1. The van der Waals surface area contributed by atoms with E-state index in [4.69, 9.17) is 10.5 Å². The normalized spacial score (nSPS) is 17.4. The van der Waals surface area contributed by atoms with Gasteiger partial charge in [-0.15, -0.1) is 12.4 Å². The molecule has 2 aliphatic rings. The Morgan fingerprint density at radius 3 is 2.59 bits per heavy atom. The van der Waals surface area contributed by atoms with Gasteiger partial charge in [0.25, 0.3) is 11.8 Å². The van der Waals surface area contributed by atoms with Crippen molar-refractivity contribution in [1.29, 1.82) is 0 Å². The van der Waals surface area contributed by atoms with Crippen molar-refractivity contribution in [3.8, 4) is 5.75 Å². The molecule has 22 heavy (non-hydrogen) atoms. The minimum atomic E-state index is -0.275. The number of carbonyl (C=O) groups excluding carboxylic acids is 2. The third-order valence-corrected chi connectivity index (χ3v) is 3.64. The Kier molecular flexibility index (Phi) is 4.83. The van der Waals surface area contributed by atoms with Gasteiger partial charge >= 0.3 is 0 Å². The molecule has 0 aromatic heterocycles.